The molecular weight excluding hydrogens is 420 g/mol. The molecule has 10 nitrogen and oxygen atoms in total. The van der Waals surface area contributed by atoms with Crippen LogP contribution in [-0.4, -0.2) is 67.7 Å². The second-order valence-corrected chi connectivity index (χ2v) is 8.40. The Kier molecular flexibility index (Phi) is 5.33. The number of likely N-dealkylation sites (tertiary alicyclic amines) is 1. The van der Waals surface area contributed by atoms with Crippen LogP contribution in [0.2, 0.25) is 0 Å². The van der Waals surface area contributed by atoms with E-state index in [0.29, 0.717) is 35.5 Å². The van der Waals surface area contributed by atoms with Crippen LogP contribution >= 0.6 is 0 Å². The van der Waals surface area contributed by atoms with Gasteiger partial charge in [-0.2, -0.15) is 0 Å². The summed E-state index contributed by atoms with van der Waals surface area (Å²) in [6.45, 7) is 1.26. The smallest absolute Gasteiger partial charge is 0.259 e. The van der Waals surface area contributed by atoms with Gasteiger partial charge >= 0.3 is 0 Å². The second-order valence-electron chi connectivity index (χ2n) is 8.40. The van der Waals surface area contributed by atoms with Gasteiger partial charge in [0.05, 0.1) is 10.9 Å². The molecule has 1 aliphatic rings. The van der Waals surface area contributed by atoms with Gasteiger partial charge in [-0.25, -0.2) is 9.97 Å². The van der Waals surface area contributed by atoms with Crippen LogP contribution in [0.4, 0.5) is 5.95 Å². The van der Waals surface area contributed by atoms with Gasteiger partial charge in [-0.1, -0.05) is 0 Å². The minimum absolute atomic E-state index is 0.0131. The zero-order valence-electron chi connectivity index (χ0n) is 18.5. The van der Waals surface area contributed by atoms with Crippen LogP contribution in [0.3, 0.4) is 0 Å². The van der Waals surface area contributed by atoms with Gasteiger partial charge in [0.1, 0.15) is 12.7 Å². The van der Waals surface area contributed by atoms with E-state index in [1.54, 1.807) is 23.4 Å². The van der Waals surface area contributed by atoms with Gasteiger partial charge in [0.25, 0.3) is 11.5 Å². The molecule has 4 aromatic rings. The molecule has 0 unspecified atom stereocenters. The second kappa shape index (κ2) is 8.45. The van der Waals surface area contributed by atoms with Gasteiger partial charge in [-0.05, 0) is 43.2 Å². The number of fused-ring (bicyclic) bond motifs is 1. The molecule has 168 valence electrons. The first kappa shape index (κ1) is 20.8. The predicted molar refractivity (Wildman–Crippen MR) is 124 cm³/mol. The fourth-order valence-corrected chi connectivity index (χ4v) is 4.17. The molecule has 1 aliphatic heterocycles. The Morgan fingerprint density at radius 3 is 2.45 bits per heavy atom. The van der Waals surface area contributed by atoms with E-state index >= 15 is 0 Å². The third-order valence-electron chi connectivity index (χ3n) is 6.05. The Morgan fingerprint density at radius 1 is 1.09 bits per heavy atom. The number of piperidine rings is 1. The molecule has 1 aromatic carbocycles. The minimum Gasteiger partial charge on any atom is -0.347 e. The average molecular weight is 444 g/mol. The highest BCUT2D eigenvalue weighted by atomic mass is 16.2. The zero-order valence-corrected chi connectivity index (χ0v) is 18.5. The number of aromatic amines is 1. The fourth-order valence-electron chi connectivity index (χ4n) is 4.17. The van der Waals surface area contributed by atoms with E-state index in [4.69, 9.17) is 0 Å². The Bertz CT molecular complexity index is 1340. The van der Waals surface area contributed by atoms with Crippen molar-refractivity contribution in [2.75, 3.05) is 32.1 Å². The molecule has 5 rings (SSSR count). The van der Waals surface area contributed by atoms with Crippen LogP contribution in [0.25, 0.3) is 16.6 Å². The predicted octanol–water partition coefficient (Wildman–Crippen LogP) is 1.98. The zero-order chi connectivity index (χ0) is 22.9. The van der Waals surface area contributed by atoms with Crippen molar-refractivity contribution in [1.82, 2.24) is 34.6 Å². The number of nitrogens with zero attached hydrogens (tertiary/aromatic N) is 7. The number of carbonyl (C=O) groups excluding carboxylic acids is 1. The van der Waals surface area contributed by atoms with Crippen LogP contribution < -0.4 is 10.5 Å². The lowest BCUT2D eigenvalue weighted by molar-refractivity contribution is 0.0712. The summed E-state index contributed by atoms with van der Waals surface area (Å²) < 4.78 is 1.79. The lowest BCUT2D eigenvalue weighted by Gasteiger charge is -2.32. The average Bonchev–Trinajstić information content (AvgIpc) is 3.38. The molecule has 0 atom stereocenters. The molecule has 0 saturated carbocycles. The van der Waals surface area contributed by atoms with Gasteiger partial charge in [-0.15, -0.1) is 10.2 Å². The normalized spacial score (nSPS) is 14.5. The number of H-pyrrole nitrogens is 1. The quantitative estimate of drug-likeness (QED) is 0.512. The Hall–Kier alpha value is -4.08. The third kappa shape index (κ3) is 4.07. The first-order valence-electron chi connectivity index (χ1n) is 10.8. The molecule has 0 aliphatic carbocycles. The van der Waals surface area contributed by atoms with Crippen LogP contribution in [-0.2, 0) is 0 Å². The van der Waals surface area contributed by atoms with E-state index in [9.17, 15) is 9.59 Å². The molecule has 0 bridgehead atoms. The van der Waals surface area contributed by atoms with E-state index in [2.05, 4.69) is 25.1 Å². The highest BCUT2D eigenvalue weighted by Crippen LogP contribution is 2.28. The van der Waals surface area contributed by atoms with E-state index < -0.39 is 0 Å². The summed E-state index contributed by atoms with van der Waals surface area (Å²) in [6, 6.07) is 9.36. The third-order valence-corrected chi connectivity index (χ3v) is 6.05. The number of rotatable bonds is 4. The summed E-state index contributed by atoms with van der Waals surface area (Å²) in [5.41, 5.74) is 2.87. The van der Waals surface area contributed by atoms with Crippen molar-refractivity contribution in [3.63, 3.8) is 0 Å². The number of aromatic nitrogens is 6. The maximum atomic E-state index is 13.0. The Morgan fingerprint density at radius 2 is 1.79 bits per heavy atom. The van der Waals surface area contributed by atoms with Crippen molar-refractivity contribution >= 4 is 22.8 Å². The summed E-state index contributed by atoms with van der Waals surface area (Å²) in [6.07, 6.45) is 6.35. The summed E-state index contributed by atoms with van der Waals surface area (Å²) >= 11 is 0. The molecule has 3 aromatic heterocycles. The van der Waals surface area contributed by atoms with Crippen molar-refractivity contribution in [3.8, 4) is 5.69 Å². The molecule has 1 amide bonds. The summed E-state index contributed by atoms with van der Waals surface area (Å²) in [4.78, 5) is 41.0. The van der Waals surface area contributed by atoms with E-state index in [-0.39, 0.29) is 17.4 Å². The topological polar surface area (TPSA) is 113 Å². The molecule has 1 saturated heterocycles. The summed E-state index contributed by atoms with van der Waals surface area (Å²) in [7, 11) is 3.73. The molecule has 1 fully saturated rings. The molecule has 33 heavy (non-hydrogen) atoms. The monoisotopic (exact) mass is 444 g/mol. The SMILES string of the molecule is CN(C)c1ncc2c(=O)[nH]c(C3CCN(C(=O)c4ccc(-n5cnnc5)cc4)CC3)cc2n1. The van der Waals surface area contributed by atoms with Gasteiger partial charge in [0, 0.05) is 56.2 Å². The molecule has 10 heteroatoms. The summed E-state index contributed by atoms with van der Waals surface area (Å²) in [5.74, 6) is 0.744. The number of hydrogen-bond acceptors (Lipinski definition) is 7. The van der Waals surface area contributed by atoms with Crippen molar-refractivity contribution < 1.29 is 4.79 Å². The van der Waals surface area contributed by atoms with Crippen molar-refractivity contribution in [3.05, 3.63) is 70.8 Å². The number of anilines is 1. The van der Waals surface area contributed by atoms with Crippen LogP contribution in [0, 0.1) is 0 Å². The maximum absolute atomic E-state index is 13.0. The van der Waals surface area contributed by atoms with Crippen molar-refractivity contribution in [1.29, 1.82) is 0 Å². The summed E-state index contributed by atoms with van der Waals surface area (Å²) in [5, 5.41) is 8.08. The molecule has 1 N–H and O–H groups in total. The van der Waals surface area contributed by atoms with Gasteiger partial charge < -0.3 is 14.8 Å². The van der Waals surface area contributed by atoms with Crippen LogP contribution in [0.1, 0.15) is 34.8 Å². The highest BCUT2D eigenvalue weighted by Gasteiger charge is 2.25. The highest BCUT2D eigenvalue weighted by molar-refractivity contribution is 5.94. The number of benzene rings is 1. The number of amides is 1. The molecular formula is C23H24N8O2. The first-order chi connectivity index (χ1) is 16.0. The first-order valence-corrected chi connectivity index (χ1v) is 10.8. The van der Waals surface area contributed by atoms with Crippen LogP contribution in [0.15, 0.2) is 54.0 Å². The lowest BCUT2D eigenvalue weighted by Crippen LogP contribution is -2.38. The number of hydrogen-bond donors (Lipinski definition) is 1. The van der Waals surface area contributed by atoms with Crippen molar-refractivity contribution in [2.45, 2.75) is 18.8 Å². The van der Waals surface area contributed by atoms with Gasteiger partial charge in [-0.3, -0.25) is 14.2 Å². The minimum atomic E-state index is -0.181. The maximum Gasteiger partial charge on any atom is 0.259 e. The van der Waals surface area contributed by atoms with Gasteiger partial charge in [0.15, 0.2) is 0 Å². The standard InChI is InChI=1S/C23H24N8O2/c1-29(2)23-24-12-18-20(28-23)11-19(27-21(18)32)15-7-9-30(10-8-15)22(33)16-3-5-17(6-4-16)31-13-25-26-14-31/h3-6,11-15H,7-10H2,1-2H3,(H,27,32). The lowest BCUT2D eigenvalue weighted by atomic mass is 9.92. The Labute approximate surface area is 189 Å². The van der Waals surface area contributed by atoms with Crippen molar-refractivity contribution in [2.24, 2.45) is 0 Å². The molecule has 0 spiro atoms. The molecule has 0 radical (unpaired) electrons. The van der Waals surface area contributed by atoms with E-state index in [1.165, 1.54) is 0 Å². The van der Waals surface area contributed by atoms with E-state index in [1.807, 2.05) is 54.2 Å². The molecule has 4 heterocycles. The fraction of sp³-hybridized carbons (Fsp3) is 0.304. The number of pyridine rings is 1. The number of nitrogens with one attached hydrogen (secondary N) is 1. The van der Waals surface area contributed by atoms with Crippen LogP contribution in [0.5, 0.6) is 0 Å². The largest absolute Gasteiger partial charge is 0.347 e. The number of carbonyl (C=O) groups is 1. The van der Waals surface area contributed by atoms with Gasteiger partial charge in [0.2, 0.25) is 5.95 Å². The van der Waals surface area contributed by atoms with E-state index in [0.717, 1.165) is 24.2 Å². The Balaban J connectivity index is 1.29.